The number of benzene rings is 1. The van der Waals surface area contributed by atoms with Gasteiger partial charge < -0.3 is 25.2 Å². The van der Waals surface area contributed by atoms with Crippen molar-refractivity contribution >= 4 is 35.3 Å². The topological polar surface area (TPSA) is 132 Å². The summed E-state index contributed by atoms with van der Waals surface area (Å²) in [6.07, 6.45) is -5.23. The lowest BCUT2D eigenvalue weighted by Gasteiger charge is -2.22. The number of carbonyl (C=O) groups excluding carboxylic acids is 1. The molecule has 1 rings (SSSR count). The van der Waals surface area contributed by atoms with Gasteiger partial charge in [0.15, 0.2) is 6.61 Å². The quantitative estimate of drug-likeness (QED) is 0.317. The summed E-state index contributed by atoms with van der Waals surface area (Å²) in [4.78, 5) is 11.5. The summed E-state index contributed by atoms with van der Waals surface area (Å²) in [5.74, 6) is -0.384. The minimum Gasteiger partial charge on any atom is -0.482 e. The summed E-state index contributed by atoms with van der Waals surface area (Å²) in [6.45, 7) is 0.854. The molecule has 0 aromatic heterocycles. The van der Waals surface area contributed by atoms with Crippen molar-refractivity contribution in [3.63, 3.8) is 0 Å². The molecule has 0 saturated carbocycles. The SMILES string of the molecule is C[C@H](O)[C@H](O)[C@@H](O)[C@@H](O)/C=N\NC(=O)COc1ccc(Cl)cc1Cl. The average Bonchev–Trinajstić information content (AvgIpc) is 2.52. The van der Waals surface area contributed by atoms with Crippen molar-refractivity contribution in [2.75, 3.05) is 6.61 Å². The van der Waals surface area contributed by atoms with Crippen LogP contribution < -0.4 is 10.2 Å². The molecule has 4 atom stereocenters. The van der Waals surface area contributed by atoms with Crippen molar-refractivity contribution in [2.45, 2.75) is 31.3 Å². The van der Waals surface area contributed by atoms with E-state index in [1.807, 2.05) is 0 Å². The van der Waals surface area contributed by atoms with E-state index in [-0.39, 0.29) is 10.8 Å². The van der Waals surface area contributed by atoms with Crippen LogP contribution in [-0.2, 0) is 4.79 Å². The van der Waals surface area contributed by atoms with Gasteiger partial charge in [-0.3, -0.25) is 4.79 Å². The number of aliphatic hydroxyl groups excluding tert-OH is 4. The lowest BCUT2D eigenvalue weighted by molar-refractivity contribution is -0.123. The van der Waals surface area contributed by atoms with Gasteiger partial charge in [0.1, 0.15) is 24.1 Å². The van der Waals surface area contributed by atoms with Gasteiger partial charge in [0.05, 0.1) is 17.3 Å². The maximum atomic E-state index is 11.5. The Labute approximate surface area is 148 Å². The molecule has 10 heteroatoms. The first-order chi connectivity index (χ1) is 11.2. The maximum Gasteiger partial charge on any atom is 0.277 e. The number of hydrogen-bond donors (Lipinski definition) is 5. The third-order valence-electron chi connectivity index (χ3n) is 2.86. The highest BCUT2D eigenvalue weighted by atomic mass is 35.5. The fourth-order valence-electron chi connectivity index (χ4n) is 1.53. The molecular weight excluding hydrogens is 363 g/mol. The van der Waals surface area contributed by atoms with Crippen LogP contribution in [0.3, 0.4) is 0 Å². The number of ether oxygens (including phenoxy) is 1. The zero-order valence-corrected chi connectivity index (χ0v) is 14.1. The molecular formula is C14H18Cl2N2O6. The van der Waals surface area contributed by atoms with Crippen LogP contribution in [0.2, 0.25) is 10.0 Å². The number of amides is 1. The van der Waals surface area contributed by atoms with E-state index in [9.17, 15) is 20.1 Å². The maximum absolute atomic E-state index is 11.5. The fourth-order valence-corrected chi connectivity index (χ4v) is 1.99. The molecule has 0 unspecified atom stereocenters. The zero-order chi connectivity index (χ0) is 18.3. The number of hydrogen-bond acceptors (Lipinski definition) is 7. The van der Waals surface area contributed by atoms with Gasteiger partial charge in [-0.05, 0) is 25.1 Å². The molecule has 0 heterocycles. The first kappa shape index (κ1) is 20.6. The molecule has 134 valence electrons. The van der Waals surface area contributed by atoms with Crippen molar-refractivity contribution in [1.29, 1.82) is 0 Å². The highest BCUT2D eigenvalue weighted by Gasteiger charge is 2.27. The lowest BCUT2D eigenvalue weighted by Crippen LogP contribution is -2.44. The minimum atomic E-state index is -1.66. The first-order valence-electron chi connectivity index (χ1n) is 6.84. The smallest absolute Gasteiger partial charge is 0.277 e. The molecule has 1 aromatic carbocycles. The van der Waals surface area contributed by atoms with E-state index in [1.165, 1.54) is 19.1 Å². The predicted octanol–water partition coefficient (Wildman–Crippen LogP) is -0.0623. The van der Waals surface area contributed by atoms with Gasteiger partial charge in [-0.15, -0.1) is 0 Å². The monoisotopic (exact) mass is 380 g/mol. The number of nitrogens with zero attached hydrogens (tertiary/aromatic N) is 1. The number of hydrazone groups is 1. The Balaban J connectivity index is 2.42. The lowest BCUT2D eigenvalue weighted by atomic mass is 10.1. The number of nitrogens with one attached hydrogen (secondary N) is 1. The van der Waals surface area contributed by atoms with E-state index in [0.717, 1.165) is 6.21 Å². The van der Waals surface area contributed by atoms with Crippen LogP contribution in [-0.4, -0.2) is 63.6 Å². The van der Waals surface area contributed by atoms with E-state index >= 15 is 0 Å². The van der Waals surface area contributed by atoms with Crippen molar-refractivity contribution in [2.24, 2.45) is 5.10 Å². The van der Waals surface area contributed by atoms with Crippen LogP contribution in [0.15, 0.2) is 23.3 Å². The summed E-state index contributed by atoms with van der Waals surface area (Å²) in [5.41, 5.74) is 2.06. The Morgan fingerprint density at radius 3 is 2.54 bits per heavy atom. The standard InChI is InChI=1S/C14H18Cl2N2O6/c1-7(19)13(22)14(23)10(20)5-17-18-12(21)6-24-11-3-2-8(15)4-9(11)16/h2-5,7,10,13-14,19-20,22-23H,6H2,1H3,(H,18,21)/b17-5-/t7-,10-,13-,14-/m0/s1. The van der Waals surface area contributed by atoms with E-state index in [4.69, 9.17) is 33.0 Å². The van der Waals surface area contributed by atoms with Crippen molar-refractivity contribution in [3.05, 3.63) is 28.2 Å². The zero-order valence-electron chi connectivity index (χ0n) is 12.6. The van der Waals surface area contributed by atoms with Gasteiger partial charge in [-0.1, -0.05) is 23.2 Å². The molecule has 0 bridgehead atoms. The van der Waals surface area contributed by atoms with Crippen LogP contribution in [0, 0.1) is 0 Å². The normalized spacial score (nSPS) is 16.5. The van der Waals surface area contributed by atoms with Gasteiger partial charge in [0, 0.05) is 5.02 Å². The predicted molar refractivity (Wildman–Crippen MR) is 88.3 cm³/mol. The van der Waals surface area contributed by atoms with E-state index < -0.39 is 36.9 Å². The molecule has 0 aliphatic carbocycles. The second-order valence-corrected chi connectivity index (χ2v) is 5.73. The fraction of sp³-hybridized carbons (Fsp3) is 0.429. The number of rotatable bonds is 8. The molecule has 0 aliphatic heterocycles. The minimum absolute atomic E-state index is 0.240. The average molecular weight is 381 g/mol. The van der Waals surface area contributed by atoms with Crippen molar-refractivity contribution in [1.82, 2.24) is 5.43 Å². The molecule has 1 amide bonds. The molecule has 0 spiro atoms. The molecule has 0 aliphatic rings. The molecule has 5 N–H and O–H groups in total. The third kappa shape index (κ3) is 6.60. The Hall–Kier alpha value is -1.42. The van der Waals surface area contributed by atoms with Gasteiger partial charge in [0.25, 0.3) is 5.91 Å². The Bertz CT molecular complexity index is 584. The van der Waals surface area contributed by atoms with Crippen LogP contribution >= 0.6 is 23.2 Å². The van der Waals surface area contributed by atoms with Crippen LogP contribution in [0.4, 0.5) is 0 Å². The van der Waals surface area contributed by atoms with Crippen molar-refractivity contribution in [3.8, 4) is 5.75 Å². The Morgan fingerprint density at radius 2 is 1.96 bits per heavy atom. The number of aliphatic hydroxyl groups is 4. The van der Waals surface area contributed by atoms with Gasteiger partial charge in [-0.25, -0.2) is 5.43 Å². The van der Waals surface area contributed by atoms with Crippen LogP contribution in [0.25, 0.3) is 0 Å². The molecule has 0 saturated heterocycles. The third-order valence-corrected chi connectivity index (χ3v) is 3.39. The highest BCUT2D eigenvalue weighted by molar-refractivity contribution is 6.35. The molecule has 0 fully saturated rings. The van der Waals surface area contributed by atoms with Gasteiger partial charge in [-0.2, -0.15) is 5.10 Å². The molecule has 8 nitrogen and oxygen atoms in total. The summed E-state index contributed by atoms with van der Waals surface area (Å²) < 4.78 is 5.17. The summed E-state index contributed by atoms with van der Waals surface area (Å²) >= 11 is 11.6. The molecule has 1 aromatic rings. The van der Waals surface area contributed by atoms with E-state index in [2.05, 4.69) is 10.5 Å². The number of halogens is 2. The second-order valence-electron chi connectivity index (χ2n) is 4.89. The summed E-state index contributed by atoms with van der Waals surface area (Å²) in [6, 6.07) is 4.50. The molecule has 0 radical (unpaired) electrons. The van der Waals surface area contributed by atoms with Gasteiger partial charge in [0.2, 0.25) is 0 Å². The highest BCUT2D eigenvalue weighted by Crippen LogP contribution is 2.27. The number of carbonyl (C=O) groups is 1. The Kier molecular flexibility index (Phi) is 8.40. The summed E-state index contributed by atoms with van der Waals surface area (Å²) in [7, 11) is 0. The van der Waals surface area contributed by atoms with Crippen LogP contribution in [0.1, 0.15) is 6.92 Å². The van der Waals surface area contributed by atoms with Gasteiger partial charge >= 0.3 is 0 Å². The summed E-state index contributed by atoms with van der Waals surface area (Å²) in [5, 5.41) is 41.6. The van der Waals surface area contributed by atoms with E-state index in [1.54, 1.807) is 6.07 Å². The van der Waals surface area contributed by atoms with E-state index in [0.29, 0.717) is 5.02 Å². The Morgan fingerprint density at radius 1 is 1.29 bits per heavy atom. The largest absolute Gasteiger partial charge is 0.482 e. The van der Waals surface area contributed by atoms with Crippen molar-refractivity contribution < 1.29 is 30.0 Å². The molecule has 24 heavy (non-hydrogen) atoms. The second kappa shape index (κ2) is 9.77. The van der Waals surface area contributed by atoms with Crippen LogP contribution in [0.5, 0.6) is 5.75 Å². The first-order valence-corrected chi connectivity index (χ1v) is 7.60.